The molecule has 2 aliphatic heterocycles. The standard InChI is InChI=1S/C26H26FN3O2S/c1-5-11-29-22-14-21(27)17(12-19(22)16(2)15-26(29,3)4)13-20-23(31)28-25(33)30(24(20)32)18-9-7-6-8-10-18/h6-10,12-15H,5,11H2,1-4H3,(H,28,31,33)/b20-13-. The topological polar surface area (TPSA) is 52.7 Å². The monoisotopic (exact) mass is 463 g/mol. The zero-order valence-electron chi connectivity index (χ0n) is 19.1. The fraction of sp³-hybridized carbons (Fsp3) is 0.269. The molecule has 5 nitrogen and oxygen atoms in total. The molecule has 2 aliphatic rings. The third-order valence-electron chi connectivity index (χ3n) is 5.96. The molecule has 0 spiro atoms. The largest absolute Gasteiger partial charge is 0.362 e. The van der Waals surface area contributed by atoms with Gasteiger partial charge in [-0.25, -0.2) is 4.39 Å². The van der Waals surface area contributed by atoms with E-state index in [0.29, 0.717) is 5.69 Å². The Morgan fingerprint density at radius 2 is 1.85 bits per heavy atom. The highest BCUT2D eigenvalue weighted by Gasteiger charge is 2.35. The van der Waals surface area contributed by atoms with Gasteiger partial charge in [0, 0.05) is 23.4 Å². The molecule has 2 aromatic rings. The van der Waals surface area contributed by atoms with E-state index in [1.807, 2.05) is 13.0 Å². The molecule has 0 saturated carbocycles. The fourth-order valence-electron chi connectivity index (χ4n) is 4.48. The molecule has 0 aromatic heterocycles. The predicted molar refractivity (Wildman–Crippen MR) is 134 cm³/mol. The van der Waals surface area contributed by atoms with Crippen molar-refractivity contribution in [3.05, 3.63) is 71.1 Å². The lowest BCUT2D eigenvalue weighted by Gasteiger charge is -2.43. The maximum Gasteiger partial charge on any atom is 0.270 e. The second kappa shape index (κ2) is 8.56. The molecule has 0 unspecified atom stereocenters. The van der Waals surface area contributed by atoms with Crippen LogP contribution in [0.1, 0.15) is 45.2 Å². The third kappa shape index (κ3) is 4.09. The lowest BCUT2D eigenvalue weighted by atomic mass is 9.87. The van der Waals surface area contributed by atoms with E-state index in [9.17, 15) is 9.59 Å². The minimum Gasteiger partial charge on any atom is -0.362 e. The van der Waals surface area contributed by atoms with E-state index in [4.69, 9.17) is 12.2 Å². The molecule has 1 fully saturated rings. The summed E-state index contributed by atoms with van der Waals surface area (Å²) in [6.07, 6.45) is 4.39. The molecule has 2 heterocycles. The molecule has 0 bridgehead atoms. The van der Waals surface area contributed by atoms with Crippen molar-refractivity contribution in [2.45, 2.75) is 39.7 Å². The first-order valence-corrected chi connectivity index (χ1v) is 11.3. The number of hydrogen-bond acceptors (Lipinski definition) is 4. The number of nitrogens with one attached hydrogen (secondary N) is 1. The van der Waals surface area contributed by atoms with Crippen molar-refractivity contribution in [2.24, 2.45) is 0 Å². The van der Waals surface area contributed by atoms with Gasteiger partial charge in [0.2, 0.25) is 0 Å². The van der Waals surface area contributed by atoms with Crippen LogP contribution in [0.15, 0.2) is 54.1 Å². The summed E-state index contributed by atoms with van der Waals surface area (Å²) in [7, 11) is 0. The average Bonchev–Trinajstić information content (AvgIpc) is 2.75. The van der Waals surface area contributed by atoms with Gasteiger partial charge < -0.3 is 4.90 Å². The van der Waals surface area contributed by atoms with Crippen molar-refractivity contribution in [1.82, 2.24) is 5.32 Å². The smallest absolute Gasteiger partial charge is 0.270 e. The predicted octanol–water partition coefficient (Wildman–Crippen LogP) is 5.07. The van der Waals surface area contributed by atoms with E-state index >= 15 is 4.39 Å². The summed E-state index contributed by atoms with van der Waals surface area (Å²) in [6.45, 7) is 9.08. The number of benzene rings is 2. The number of carbonyl (C=O) groups is 2. The van der Waals surface area contributed by atoms with Crippen LogP contribution >= 0.6 is 12.2 Å². The van der Waals surface area contributed by atoms with Crippen molar-refractivity contribution in [3.63, 3.8) is 0 Å². The van der Waals surface area contributed by atoms with Gasteiger partial charge in [0.1, 0.15) is 11.4 Å². The van der Waals surface area contributed by atoms with Crippen LogP contribution < -0.4 is 15.1 Å². The minimum absolute atomic E-state index is 0.00419. The van der Waals surface area contributed by atoms with Crippen LogP contribution in [0.5, 0.6) is 0 Å². The first-order chi connectivity index (χ1) is 15.6. The molecule has 7 heteroatoms. The molecule has 0 radical (unpaired) electrons. The number of para-hydroxylation sites is 1. The van der Waals surface area contributed by atoms with Gasteiger partial charge in [-0.15, -0.1) is 0 Å². The van der Waals surface area contributed by atoms with Crippen LogP contribution in [-0.4, -0.2) is 29.0 Å². The van der Waals surface area contributed by atoms with E-state index in [2.05, 4.69) is 37.1 Å². The van der Waals surface area contributed by atoms with Crippen LogP contribution in [0.25, 0.3) is 11.6 Å². The summed E-state index contributed by atoms with van der Waals surface area (Å²) in [5, 5.41) is 2.54. The van der Waals surface area contributed by atoms with Crippen LogP contribution in [-0.2, 0) is 9.59 Å². The SMILES string of the molecule is CCCN1c2cc(F)c(/C=C3/C(=O)NC(=S)N(c4ccccc4)C3=O)cc2C(C)=CC1(C)C. The highest BCUT2D eigenvalue weighted by atomic mass is 32.1. The number of anilines is 2. The van der Waals surface area contributed by atoms with Crippen LogP contribution in [0, 0.1) is 5.82 Å². The number of halogens is 1. The Hall–Kier alpha value is -3.32. The van der Waals surface area contributed by atoms with Gasteiger partial charge in [0.25, 0.3) is 11.8 Å². The maximum atomic E-state index is 15.3. The lowest BCUT2D eigenvalue weighted by Crippen LogP contribution is -2.54. The summed E-state index contributed by atoms with van der Waals surface area (Å²) in [5.41, 5.74) is 3.01. The summed E-state index contributed by atoms with van der Waals surface area (Å²) in [5.74, 6) is -1.73. The first-order valence-electron chi connectivity index (χ1n) is 10.9. The number of amides is 2. The normalized spacial score (nSPS) is 18.9. The zero-order valence-corrected chi connectivity index (χ0v) is 19.9. The second-order valence-electron chi connectivity index (χ2n) is 8.82. The number of thiocarbonyl (C=S) groups is 1. The number of rotatable bonds is 4. The lowest BCUT2D eigenvalue weighted by molar-refractivity contribution is -0.122. The molecule has 33 heavy (non-hydrogen) atoms. The van der Waals surface area contributed by atoms with Crippen LogP contribution in [0.2, 0.25) is 0 Å². The molecule has 4 rings (SSSR count). The van der Waals surface area contributed by atoms with E-state index in [-0.39, 0.29) is 21.8 Å². The van der Waals surface area contributed by atoms with Gasteiger partial charge in [-0.2, -0.15) is 0 Å². The van der Waals surface area contributed by atoms with E-state index < -0.39 is 17.6 Å². The fourth-order valence-corrected chi connectivity index (χ4v) is 4.76. The van der Waals surface area contributed by atoms with Gasteiger partial charge in [-0.3, -0.25) is 19.8 Å². The Labute approximate surface area is 198 Å². The number of nitrogens with zero attached hydrogens (tertiary/aromatic N) is 2. The Morgan fingerprint density at radius 3 is 2.52 bits per heavy atom. The van der Waals surface area contributed by atoms with Gasteiger partial charge in [0.05, 0.1) is 11.2 Å². The Kier molecular flexibility index (Phi) is 5.93. The van der Waals surface area contributed by atoms with Crippen molar-refractivity contribution in [2.75, 3.05) is 16.3 Å². The molecule has 2 amide bonds. The van der Waals surface area contributed by atoms with E-state index in [1.54, 1.807) is 30.3 Å². The Morgan fingerprint density at radius 1 is 1.15 bits per heavy atom. The number of fused-ring (bicyclic) bond motifs is 1. The van der Waals surface area contributed by atoms with Crippen molar-refractivity contribution >= 4 is 52.2 Å². The highest BCUT2D eigenvalue weighted by Crippen LogP contribution is 2.40. The third-order valence-corrected chi connectivity index (χ3v) is 6.24. The molecule has 1 saturated heterocycles. The van der Waals surface area contributed by atoms with Crippen molar-refractivity contribution < 1.29 is 14.0 Å². The molecule has 1 N–H and O–H groups in total. The maximum absolute atomic E-state index is 15.3. The summed E-state index contributed by atoms with van der Waals surface area (Å²) in [6, 6.07) is 12.0. The summed E-state index contributed by atoms with van der Waals surface area (Å²) >= 11 is 5.22. The molecule has 0 aliphatic carbocycles. The zero-order chi connectivity index (χ0) is 23.9. The van der Waals surface area contributed by atoms with Gasteiger partial charge >= 0.3 is 0 Å². The summed E-state index contributed by atoms with van der Waals surface area (Å²) in [4.78, 5) is 29.3. The quantitative estimate of drug-likeness (QED) is 0.391. The van der Waals surface area contributed by atoms with Crippen molar-refractivity contribution in [1.29, 1.82) is 0 Å². The highest BCUT2D eigenvalue weighted by molar-refractivity contribution is 7.80. The summed E-state index contributed by atoms with van der Waals surface area (Å²) < 4.78 is 15.3. The van der Waals surface area contributed by atoms with Gasteiger partial charge in [-0.1, -0.05) is 31.2 Å². The average molecular weight is 464 g/mol. The second-order valence-corrected chi connectivity index (χ2v) is 9.20. The number of carbonyl (C=O) groups excluding carboxylic acids is 2. The molecular formula is C26H26FN3O2S. The minimum atomic E-state index is -0.643. The first kappa shape index (κ1) is 22.9. The van der Waals surface area contributed by atoms with E-state index in [1.165, 1.54) is 17.0 Å². The molecular weight excluding hydrogens is 437 g/mol. The van der Waals surface area contributed by atoms with Crippen LogP contribution in [0.4, 0.5) is 15.8 Å². The van der Waals surface area contributed by atoms with Crippen LogP contribution in [0.3, 0.4) is 0 Å². The number of hydrogen-bond donors (Lipinski definition) is 1. The Balaban J connectivity index is 1.79. The van der Waals surface area contributed by atoms with E-state index in [0.717, 1.165) is 29.8 Å². The molecule has 2 aromatic carbocycles. The molecule has 0 atom stereocenters. The van der Waals surface area contributed by atoms with Gasteiger partial charge in [-0.05, 0) is 75.3 Å². The Bertz CT molecular complexity index is 1220. The van der Waals surface area contributed by atoms with Crippen molar-refractivity contribution in [3.8, 4) is 0 Å². The van der Waals surface area contributed by atoms with Gasteiger partial charge in [0.15, 0.2) is 5.11 Å². The molecule has 170 valence electrons. The number of allylic oxidation sites excluding steroid dienone is 1.